The SMILES string of the molecule is COc1ccc(C[C@H]2NC[C@H](O)[C@H]2OC(=O)CC(C)C)cc1. The first-order chi connectivity index (χ1) is 10.5. The lowest BCUT2D eigenvalue weighted by Gasteiger charge is -2.22. The van der Waals surface area contributed by atoms with E-state index >= 15 is 0 Å². The number of methoxy groups -OCH3 is 1. The van der Waals surface area contributed by atoms with Gasteiger partial charge in [0.15, 0.2) is 0 Å². The van der Waals surface area contributed by atoms with Crippen molar-refractivity contribution >= 4 is 5.97 Å². The molecule has 0 spiro atoms. The van der Waals surface area contributed by atoms with Gasteiger partial charge in [-0.3, -0.25) is 4.79 Å². The number of esters is 1. The van der Waals surface area contributed by atoms with Gasteiger partial charge < -0.3 is 19.9 Å². The van der Waals surface area contributed by atoms with Crippen molar-refractivity contribution in [1.29, 1.82) is 0 Å². The Labute approximate surface area is 131 Å². The van der Waals surface area contributed by atoms with Gasteiger partial charge in [-0.05, 0) is 30.0 Å². The van der Waals surface area contributed by atoms with Crippen LogP contribution in [0.4, 0.5) is 0 Å². The summed E-state index contributed by atoms with van der Waals surface area (Å²) >= 11 is 0. The van der Waals surface area contributed by atoms with Crippen molar-refractivity contribution in [2.45, 2.75) is 44.9 Å². The van der Waals surface area contributed by atoms with Crippen LogP contribution in [0.3, 0.4) is 0 Å². The second-order valence-electron chi connectivity index (χ2n) is 6.19. The Balaban J connectivity index is 1.97. The molecule has 0 aromatic heterocycles. The Morgan fingerprint density at radius 1 is 1.36 bits per heavy atom. The molecule has 1 fully saturated rings. The second-order valence-corrected chi connectivity index (χ2v) is 6.19. The fraction of sp³-hybridized carbons (Fsp3) is 0.588. The molecule has 1 aliphatic rings. The van der Waals surface area contributed by atoms with Gasteiger partial charge in [0, 0.05) is 13.0 Å². The summed E-state index contributed by atoms with van der Waals surface area (Å²) in [5, 5.41) is 13.3. The highest BCUT2D eigenvalue weighted by Crippen LogP contribution is 2.20. The summed E-state index contributed by atoms with van der Waals surface area (Å²) in [6.45, 7) is 4.39. The fourth-order valence-corrected chi connectivity index (χ4v) is 2.67. The molecule has 22 heavy (non-hydrogen) atoms. The summed E-state index contributed by atoms with van der Waals surface area (Å²) in [5.41, 5.74) is 1.11. The van der Waals surface area contributed by atoms with Crippen LogP contribution in [0.25, 0.3) is 0 Å². The first kappa shape index (κ1) is 16.8. The van der Waals surface area contributed by atoms with Crippen molar-refractivity contribution in [3.63, 3.8) is 0 Å². The maximum atomic E-state index is 11.9. The molecule has 3 atom stereocenters. The lowest BCUT2D eigenvalue weighted by atomic mass is 10.0. The van der Waals surface area contributed by atoms with Crippen LogP contribution in [0.2, 0.25) is 0 Å². The number of nitrogens with one attached hydrogen (secondary N) is 1. The third-order valence-electron chi connectivity index (χ3n) is 3.82. The molecule has 0 saturated carbocycles. The normalized spacial score (nSPS) is 24.5. The molecule has 0 unspecified atom stereocenters. The van der Waals surface area contributed by atoms with Gasteiger partial charge in [0.05, 0.1) is 13.2 Å². The Morgan fingerprint density at radius 3 is 2.64 bits per heavy atom. The van der Waals surface area contributed by atoms with E-state index < -0.39 is 12.2 Å². The van der Waals surface area contributed by atoms with E-state index in [1.807, 2.05) is 38.1 Å². The highest BCUT2D eigenvalue weighted by Gasteiger charge is 2.37. The number of aliphatic hydroxyl groups excluding tert-OH is 1. The molecule has 1 heterocycles. The van der Waals surface area contributed by atoms with Crippen LogP contribution in [-0.2, 0) is 16.0 Å². The largest absolute Gasteiger partial charge is 0.497 e. The van der Waals surface area contributed by atoms with Crippen LogP contribution in [0.1, 0.15) is 25.8 Å². The minimum atomic E-state index is -0.653. The van der Waals surface area contributed by atoms with Crippen molar-refractivity contribution in [1.82, 2.24) is 5.32 Å². The quantitative estimate of drug-likeness (QED) is 0.780. The first-order valence-corrected chi connectivity index (χ1v) is 7.73. The summed E-state index contributed by atoms with van der Waals surface area (Å²) in [6, 6.07) is 7.71. The number of carbonyl (C=O) groups excluding carboxylic acids is 1. The van der Waals surface area contributed by atoms with Crippen LogP contribution in [0.5, 0.6) is 5.75 Å². The van der Waals surface area contributed by atoms with Crippen molar-refractivity contribution in [3.8, 4) is 5.75 Å². The molecule has 1 aliphatic heterocycles. The number of rotatable bonds is 6. The van der Waals surface area contributed by atoms with E-state index in [2.05, 4.69) is 5.32 Å². The van der Waals surface area contributed by atoms with Crippen molar-refractivity contribution in [2.24, 2.45) is 5.92 Å². The number of hydrogen-bond acceptors (Lipinski definition) is 5. The molecule has 1 aromatic carbocycles. The van der Waals surface area contributed by atoms with E-state index in [1.54, 1.807) is 7.11 Å². The summed E-state index contributed by atoms with van der Waals surface area (Å²) in [6.07, 6.45) is -0.0770. The van der Waals surface area contributed by atoms with Gasteiger partial charge in [-0.25, -0.2) is 0 Å². The lowest BCUT2D eigenvalue weighted by Crippen LogP contribution is -2.39. The van der Waals surface area contributed by atoms with Gasteiger partial charge in [0.2, 0.25) is 0 Å². The molecule has 2 N–H and O–H groups in total. The molecule has 5 nitrogen and oxygen atoms in total. The molecule has 2 rings (SSSR count). The maximum Gasteiger partial charge on any atom is 0.306 e. The van der Waals surface area contributed by atoms with Gasteiger partial charge in [-0.2, -0.15) is 0 Å². The number of aliphatic hydroxyl groups is 1. The number of carbonyl (C=O) groups is 1. The number of β-amino-alcohol motifs (C(OH)–C–C–N with tert-alkyl or cyclic N) is 1. The zero-order valence-corrected chi connectivity index (χ0v) is 13.4. The van der Waals surface area contributed by atoms with Crippen LogP contribution in [0.15, 0.2) is 24.3 Å². The Bertz CT molecular complexity index is 486. The van der Waals surface area contributed by atoms with Crippen LogP contribution < -0.4 is 10.1 Å². The predicted molar refractivity (Wildman–Crippen MR) is 83.8 cm³/mol. The van der Waals surface area contributed by atoms with Crippen LogP contribution >= 0.6 is 0 Å². The lowest BCUT2D eigenvalue weighted by molar-refractivity contribution is -0.154. The average molecular weight is 307 g/mol. The standard InChI is InChI=1S/C17H25NO4/c1-11(2)8-16(20)22-17-14(18-10-15(17)19)9-12-4-6-13(21-3)7-5-12/h4-7,11,14-15,17-19H,8-10H2,1-3H3/t14-,15+,17+/m1/s1. The second kappa shape index (κ2) is 7.61. The van der Waals surface area contributed by atoms with Crippen molar-refractivity contribution < 1.29 is 19.4 Å². The molecule has 1 saturated heterocycles. The van der Waals surface area contributed by atoms with Gasteiger partial charge in [0.1, 0.15) is 18.0 Å². The van der Waals surface area contributed by atoms with Crippen molar-refractivity contribution in [3.05, 3.63) is 29.8 Å². The zero-order chi connectivity index (χ0) is 16.1. The number of hydrogen-bond donors (Lipinski definition) is 2. The van der Waals surface area contributed by atoms with E-state index in [0.717, 1.165) is 11.3 Å². The van der Waals surface area contributed by atoms with E-state index in [-0.39, 0.29) is 17.9 Å². The highest BCUT2D eigenvalue weighted by atomic mass is 16.6. The predicted octanol–water partition coefficient (Wildman–Crippen LogP) is 1.53. The third kappa shape index (κ3) is 4.45. The first-order valence-electron chi connectivity index (χ1n) is 7.73. The molecule has 0 aliphatic carbocycles. The molecule has 1 aromatic rings. The van der Waals surface area contributed by atoms with Gasteiger partial charge in [-0.1, -0.05) is 26.0 Å². The summed E-state index contributed by atoms with van der Waals surface area (Å²) < 4.78 is 10.6. The van der Waals surface area contributed by atoms with E-state index in [0.29, 0.717) is 19.4 Å². The zero-order valence-electron chi connectivity index (χ0n) is 13.4. The van der Waals surface area contributed by atoms with Gasteiger partial charge in [0.25, 0.3) is 0 Å². The molecule has 5 heteroatoms. The molecular formula is C17H25NO4. The Kier molecular flexibility index (Phi) is 5.80. The summed E-state index contributed by atoms with van der Waals surface area (Å²) in [4.78, 5) is 11.9. The van der Waals surface area contributed by atoms with E-state index in [9.17, 15) is 9.90 Å². The topological polar surface area (TPSA) is 67.8 Å². The van der Waals surface area contributed by atoms with Gasteiger partial charge >= 0.3 is 5.97 Å². The highest BCUT2D eigenvalue weighted by molar-refractivity contribution is 5.70. The molecular weight excluding hydrogens is 282 g/mol. The van der Waals surface area contributed by atoms with E-state index in [1.165, 1.54) is 0 Å². The monoisotopic (exact) mass is 307 g/mol. The molecule has 0 radical (unpaired) electrons. The summed E-state index contributed by atoms with van der Waals surface area (Å²) in [7, 11) is 1.63. The average Bonchev–Trinajstić information content (AvgIpc) is 2.80. The number of benzene rings is 1. The van der Waals surface area contributed by atoms with E-state index in [4.69, 9.17) is 9.47 Å². The van der Waals surface area contributed by atoms with Crippen molar-refractivity contribution in [2.75, 3.05) is 13.7 Å². The number of ether oxygens (including phenoxy) is 2. The fourth-order valence-electron chi connectivity index (χ4n) is 2.67. The summed E-state index contributed by atoms with van der Waals surface area (Å²) in [5.74, 6) is 0.810. The smallest absolute Gasteiger partial charge is 0.306 e. The minimum absolute atomic E-state index is 0.0699. The van der Waals surface area contributed by atoms with Crippen LogP contribution in [0, 0.1) is 5.92 Å². The third-order valence-corrected chi connectivity index (χ3v) is 3.82. The molecule has 122 valence electrons. The minimum Gasteiger partial charge on any atom is -0.497 e. The Hall–Kier alpha value is -1.59. The maximum absolute atomic E-state index is 11.9. The molecule has 0 bridgehead atoms. The Morgan fingerprint density at radius 2 is 2.05 bits per heavy atom. The molecule has 0 amide bonds. The van der Waals surface area contributed by atoms with Gasteiger partial charge in [-0.15, -0.1) is 0 Å². The van der Waals surface area contributed by atoms with Crippen LogP contribution in [-0.4, -0.2) is 43.0 Å².